The number of carbonyl (C=O) groups excluding carboxylic acids is 2. The van der Waals surface area contributed by atoms with Crippen LogP contribution in [0.3, 0.4) is 0 Å². The molecule has 1 aliphatic rings. The van der Waals surface area contributed by atoms with Crippen LogP contribution in [0.1, 0.15) is 33.1 Å². The van der Waals surface area contributed by atoms with Gasteiger partial charge in [-0.1, -0.05) is 6.92 Å². The van der Waals surface area contributed by atoms with Crippen molar-refractivity contribution in [3.8, 4) is 0 Å². The number of likely N-dealkylation sites (tertiary alicyclic amines) is 1. The SMILES string of the molecule is CC1CC(=O)N(C(C)CCCO)C1=O. The maximum atomic E-state index is 11.6. The van der Waals surface area contributed by atoms with Gasteiger partial charge in [-0.2, -0.15) is 0 Å². The van der Waals surface area contributed by atoms with Crippen molar-refractivity contribution >= 4 is 11.8 Å². The van der Waals surface area contributed by atoms with E-state index in [0.29, 0.717) is 19.3 Å². The van der Waals surface area contributed by atoms with E-state index in [1.165, 1.54) is 4.90 Å². The first-order chi connectivity index (χ1) is 6.57. The molecule has 0 aromatic carbocycles. The van der Waals surface area contributed by atoms with Crippen LogP contribution in [0.4, 0.5) is 0 Å². The highest BCUT2D eigenvalue weighted by Gasteiger charge is 2.37. The minimum absolute atomic E-state index is 0.0690. The summed E-state index contributed by atoms with van der Waals surface area (Å²) < 4.78 is 0. The highest BCUT2D eigenvalue weighted by molar-refractivity contribution is 6.03. The van der Waals surface area contributed by atoms with E-state index in [0.717, 1.165) is 0 Å². The first kappa shape index (κ1) is 11.2. The minimum atomic E-state index is -0.168. The number of aliphatic hydroxyl groups is 1. The fraction of sp³-hybridized carbons (Fsp3) is 0.800. The third-order valence-electron chi connectivity index (χ3n) is 2.63. The number of imide groups is 1. The van der Waals surface area contributed by atoms with Crippen LogP contribution in [-0.4, -0.2) is 34.5 Å². The Balaban J connectivity index is 2.58. The summed E-state index contributed by atoms with van der Waals surface area (Å²) in [5.41, 5.74) is 0. The van der Waals surface area contributed by atoms with Crippen LogP contribution in [0.5, 0.6) is 0 Å². The molecule has 1 fully saturated rings. The smallest absolute Gasteiger partial charge is 0.232 e. The molecule has 0 saturated carbocycles. The Morgan fingerprint density at radius 2 is 2.21 bits per heavy atom. The summed E-state index contributed by atoms with van der Waals surface area (Å²) in [5, 5.41) is 8.65. The molecule has 14 heavy (non-hydrogen) atoms. The van der Waals surface area contributed by atoms with Crippen molar-refractivity contribution in [2.45, 2.75) is 39.2 Å². The quantitative estimate of drug-likeness (QED) is 0.672. The van der Waals surface area contributed by atoms with Gasteiger partial charge in [0.2, 0.25) is 11.8 Å². The average molecular weight is 199 g/mol. The first-order valence-electron chi connectivity index (χ1n) is 5.04. The number of amides is 2. The number of hydrogen-bond donors (Lipinski definition) is 1. The maximum absolute atomic E-state index is 11.6. The molecular formula is C10H17NO3. The Labute approximate surface area is 83.9 Å². The molecule has 0 aliphatic carbocycles. The van der Waals surface area contributed by atoms with Crippen molar-refractivity contribution in [3.05, 3.63) is 0 Å². The summed E-state index contributed by atoms with van der Waals surface area (Å²) in [4.78, 5) is 24.4. The Morgan fingerprint density at radius 3 is 2.64 bits per heavy atom. The predicted octanol–water partition coefficient (Wildman–Crippen LogP) is 0.542. The van der Waals surface area contributed by atoms with Crippen LogP contribution in [0.25, 0.3) is 0 Å². The number of rotatable bonds is 4. The molecule has 0 aromatic rings. The fourth-order valence-electron chi connectivity index (χ4n) is 1.79. The monoisotopic (exact) mass is 199 g/mol. The molecule has 80 valence electrons. The Morgan fingerprint density at radius 1 is 1.57 bits per heavy atom. The van der Waals surface area contributed by atoms with Gasteiger partial charge < -0.3 is 5.11 Å². The van der Waals surface area contributed by atoms with Gasteiger partial charge in [-0.05, 0) is 19.8 Å². The molecule has 0 aromatic heterocycles. The Hall–Kier alpha value is -0.900. The van der Waals surface area contributed by atoms with E-state index < -0.39 is 0 Å². The molecular weight excluding hydrogens is 182 g/mol. The average Bonchev–Trinajstić information content (AvgIpc) is 2.38. The lowest BCUT2D eigenvalue weighted by atomic mass is 10.1. The summed E-state index contributed by atoms with van der Waals surface area (Å²) in [6.07, 6.45) is 1.65. The summed E-state index contributed by atoms with van der Waals surface area (Å²) in [6.45, 7) is 3.73. The summed E-state index contributed by atoms with van der Waals surface area (Å²) in [6, 6.07) is -0.0768. The fourth-order valence-corrected chi connectivity index (χ4v) is 1.79. The summed E-state index contributed by atoms with van der Waals surface area (Å²) in [5.74, 6) is -0.313. The zero-order chi connectivity index (χ0) is 10.7. The third kappa shape index (κ3) is 2.12. The van der Waals surface area contributed by atoms with E-state index in [4.69, 9.17) is 5.11 Å². The van der Waals surface area contributed by atoms with Crippen molar-refractivity contribution in [3.63, 3.8) is 0 Å². The van der Waals surface area contributed by atoms with Crippen LogP contribution in [0, 0.1) is 5.92 Å². The first-order valence-corrected chi connectivity index (χ1v) is 5.04. The lowest BCUT2D eigenvalue weighted by Gasteiger charge is -2.22. The van der Waals surface area contributed by atoms with Crippen molar-refractivity contribution in [1.82, 2.24) is 4.90 Å². The highest BCUT2D eigenvalue weighted by atomic mass is 16.3. The van der Waals surface area contributed by atoms with Gasteiger partial charge in [-0.3, -0.25) is 14.5 Å². The van der Waals surface area contributed by atoms with E-state index in [9.17, 15) is 9.59 Å². The largest absolute Gasteiger partial charge is 0.396 e. The van der Waals surface area contributed by atoms with Gasteiger partial charge in [0.15, 0.2) is 0 Å². The molecule has 4 heteroatoms. The zero-order valence-electron chi connectivity index (χ0n) is 8.69. The molecule has 2 unspecified atom stereocenters. The third-order valence-corrected chi connectivity index (χ3v) is 2.63. The van der Waals surface area contributed by atoms with Crippen molar-refractivity contribution in [2.75, 3.05) is 6.61 Å². The van der Waals surface area contributed by atoms with Gasteiger partial charge in [-0.25, -0.2) is 0 Å². The van der Waals surface area contributed by atoms with E-state index in [1.807, 2.05) is 6.92 Å². The number of hydrogen-bond acceptors (Lipinski definition) is 3. The summed E-state index contributed by atoms with van der Waals surface area (Å²) in [7, 11) is 0. The van der Waals surface area contributed by atoms with E-state index in [1.54, 1.807) is 6.92 Å². The topological polar surface area (TPSA) is 57.6 Å². The normalized spacial score (nSPS) is 24.5. The zero-order valence-corrected chi connectivity index (χ0v) is 8.69. The van der Waals surface area contributed by atoms with Gasteiger partial charge in [0.25, 0.3) is 0 Å². The lowest BCUT2D eigenvalue weighted by molar-refractivity contribution is -0.141. The highest BCUT2D eigenvalue weighted by Crippen LogP contribution is 2.22. The molecule has 1 heterocycles. The maximum Gasteiger partial charge on any atom is 0.232 e. The van der Waals surface area contributed by atoms with Gasteiger partial charge in [-0.15, -0.1) is 0 Å². The van der Waals surface area contributed by atoms with E-state index in [2.05, 4.69) is 0 Å². The standard InChI is InChI=1S/C10H17NO3/c1-7-6-9(13)11(10(7)14)8(2)4-3-5-12/h7-8,12H,3-6H2,1-2H3. The second-order valence-electron chi connectivity index (χ2n) is 3.92. The molecule has 0 bridgehead atoms. The van der Waals surface area contributed by atoms with Gasteiger partial charge >= 0.3 is 0 Å². The summed E-state index contributed by atoms with van der Waals surface area (Å²) >= 11 is 0. The van der Waals surface area contributed by atoms with Crippen LogP contribution >= 0.6 is 0 Å². The van der Waals surface area contributed by atoms with Gasteiger partial charge in [0.1, 0.15) is 0 Å². The molecule has 2 amide bonds. The van der Waals surface area contributed by atoms with E-state index >= 15 is 0 Å². The second kappa shape index (κ2) is 4.55. The van der Waals surface area contributed by atoms with Crippen LogP contribution in [-0.2, 0) is 9.59 Å². The van der Waals surface area contributed by atoms with Crippen molar-refractivity contribution < 1.29 is 14.7 Å². The molecule has 0 radical (unpaired) electrons. The van der Waals surface area contributed by atoms with Gasteiger partial charge in [0, 0.05) is 25.0 Å². The van der Waals surface area contributed by atoms with Gasteiger partial charge in [0.05, 0.1) is 0 Å². The lowest BCUT2D eigenvalue weighted by Crippen LogP contribution is -2.38. The second-order valence-corrected chi connectivity index (χ2v) is 3.92. The van der Waals surface area contributed by atoms with Crippen LogP contribution in [0.15, 0.2) is 0 Å². The van der Waals surface area contributed by atoms with E-state index in [-0.39, 0.29) is 30.4 Å². The molecule has 4 nitrogen and oxygen atoms in total. The van der Waals surface area contributed by atoms with Crippen molar-refractivity contribution in [2.24, 2.45) is 5.92 Å². The molecule has 1 saturated heterocycles. The molecule has 1 N–H and O–H groups in total. The molecule has 1 aliphatic heterocycles. The van der Waals surface area contributed by atoms with Crippen LogP contribution < -0.4 is 0 Å². The van der Waals surface area contributed by atoms with Crippen molar-refractivity contribution in [1.29, 1.82) is 0 Å². The van der Waals surface area contributed by atoms with Crippen LogP contribution in [0.2, 0.25) is 0 Å². The number of aliphatic hydroxyl groups excluding tert-OH is 1. The molecule has 1 rings (SSSR count). The Kier molecular flexibility index (Phi) is 3.63. The Bertz CT molecular complexity index is 240. The molecule has 0 spiro atoms. The minimum Gasteiger partial charge on any atom is -0.396 e. The predicted molar refractivity (Wildman–Crippen MR) is 51.4 cm³/mol. The number of carbonyl (C=O) groups is 2. The number of nitrogens with zero attached hydrogens (tertiary/aromatic N) is 1. The molecule has 2 atom stereocenters.